The highest BCUT2D eigenvalue weighted by Gasteiger charge is 2.44. The number of amidine groups is 1. The number of carboxylic acids is 2. The van der Waals surface area contributed by atoms with Crippen molar-refractivity contribution in [1.29, 1.82) is 0 Å². The van der Waals surface area contributed by atoms with Gasteiger partial charge in [-0.05, 0) is 5.56 Å². The molecule has 7 heteroatoms. The summed E-state index contributed by atoms with van der Waals surface area (Å²) in [6, 6.07) is 10.3. The number of aliphatic imine (C=N–C) groups is 1. The number of hydrogen-bond acceptors (Lipinski definition) is 5. The molecule has 0 radical (unpaired) electrons. The van der Waals surface area contributed by atoms with Gasteiger partial charge in [-0.1, -0.05) is 30.3 Å². The van der Waals surface area contributed by atoms with E-state index < -0.39 is 11.9 Å². The molecule has 106 valence electrons. The van der Waals surface area contributed by atoms with Gasteiger partial charge in [0, 0.05) is 6.54 Å². The van der Waals surface area contributed by atoms with Crippen molar-refractivity contribution in [3.8, 4) is 0 Å². The van der Waals surface area contributed by atoms with Gasteiger partial charge >= 0.3 is 11.9 Å². The van der Waals surface area contributed by atoms with Crippen LogP contribution in [-0.2, 0) is 14.3 Å². The molecule has 7 nitrogen and oxygen atoms in total. The molecule has 0 spiro atoms. The molecule has 2 aliphatic heterocycles. The van der Waals surface area contributed by atoms with Gasteiger partial charge in [0.15, 0.2) is 0 Å². The second kappa shape index (κ2) is 6.16. The van der Waals surface area contributed by atoms with Crippen LogP contribution in [0.4, 0.5) is 0 Å². The van der Waals surface area contributed by atoms with Gasteiger partial charge < -0.3 is 20.3 Å². The highest BCUT2D eigenvalue weighted by Crippen LogP contribution is 2.39. The van der Waals surface area contributed by atoms with Crippen LogP contribution in [0, 0.1) is 0 Å². The first kappa shape index (κ1) is 14.0. The van der Waals surface area contributed by atoms with Gasteiger partial charge in [0.25, 0.3) is 0 Å². The number of rotatable bonds is 2. The molecule has 3 N–H and O–H groups in total. The van der Waals surface area contributed by atoms with E-state index in [2.05, 4.69) is 22.4 Å². The van der Waals surface area contributed by atoms with Crippen molar-refractivity contribution in [2.45, 2.75) is 12.2 Å². The Kier molecular flexibility index (Phi) is 4.31. The standard InChI is InChI=1S/C11H12N2O.C2H2O4/c1-2-4-8(5-3-1)9-10(14-9)11-12-6-7-13-11;3-1(4)2(5)6/h1-5,9-10H,6-7H2,(H,12,13);(H,3,4)(H,5,6)/t9-,10+;/m1./s1. The first-order valence-corrected chi connectivity index (χ1v) is 6.04. The van der Waals surface area contributed by atoms with Crippen LogP contribution in [0.25, 0.3) is 0 Å². The van der Waals surface area contributed by atoms with E-state index in [0.29, 0.717) is 0 Å². The van der Waals surface area contributed by atoms with Gasteiger partial charge in [-0.3, -0.25) is 4.99 Å². The molecule has 0 unspecified atom stereocenters. The van der Waals surface area contributed by atoms with Crippen LogP contribution in [0.5, 0.6) is 0 Å². The van der Waals surface area contributed by atoms with E-state index >= 15 is 0 Å². The third kappa shape index (κ3) is 3.55. The van der Waals surface area contributed by atoms with Crippen LogP contribution < -0.4 is 5.32 Å². The summed E-state index contributed by atoms with van der Waals surface area (Å²) < 4.78 is 5.59. The fourth-order valence-electron chi connectivity index (χ4n) is 1.82. The lowest BCUT2D eigenvalue weighted by molar-refractivity contribution is -0.159. The maximum absolute atomic E-state index is 9.10. The van der Waals surface area contributed by atoms with E-state index in [1.165, 1.54) is 5.56 Å². The molecule has 2 aliphatic rings. The highest BCUT2D eigenvalue weighted by molar-refractivity contribution is 6.27. The Morgan fingerprint density at radius 2 is 1.80 bits per heavy atom. The molecule has 1 aromatic rings. The number of nitrogens with zero attached hydrogens (tertiary/aromatic N) is 1. The van der Waals surface area contributed by atoms with Crippen molar-refractivity contribution in [3.05, 3.63) is 35.9 Å². The van der Waals surface area contributed by atoms with Gasteiger partial charge in [-0.25, -0.2) is 9.59 Å². The van der Waals surface area contributed by atoms with E-state index in [4.69, 9.17) is 24.5 Å². The van der Waals surface area contributed by atoms with Crippen molar-refractivity contribution in [1.82, 2.24) is 5.32 Å². The Morgan fingerprint density at radius 1 is 1.15 bits per heavy atom. The first-order valence-electron chi connectivity index (χ1n) is 6.04. The molecular formula is C13H14N2O5. The maximum atomic E-state index is 9.10. The first-order chi connectivity index (χ1) is 9.59. The lowest BCUT2D eigenvalue weighted by Crippen LogP contribution is -2.23. The molecule has 0 aliphatic carbocycles. The SMILES string of the molecule is O=C(O)C(=O)O.c1ccc([C@H]2O[C@@H]2C2=NCCN2)cc1. The van der Waals surface area contributed by atoms with E-state index in [9.17, 15) is 0 Å². The minimum Gasteiger partial charge on any atom is -0.473 e. The summed E-state index contributed by atoms with van der Waals surface area (Å²) in [5.41, 5.74) is 1.24. The van der Waals surface area contributed by atoms with Crippen molar-refractivity contribution < 1.29 is 24.5 Å². The number of nitrogens with one attached hydrogen (secondary N) is 1. The summed E-state index contributed by atoms with van der Waals surface area (Å²) in [5, 5.41) is 18.0. The van der Waals surface area contributed by atoms with Crippen LogP contribution in [0.15, 0.2) is 35.3 Å². The zero-order valence-corrected chi connectivity index (χ0v) is 10.5. The molecule has 0 aromatic heterocycles. The second-order valence-electron chi connectivity index (χ2n) is 4.19. The minimum absolute atomic E-state index is 0.180. The van der Waals surface area contributed by atoms with E-state index in [-0.39, 0.29) is 12.2 Å². The van der Waals surface area contributed by atoms with E-state index in [0.717, 1.165) is 18.9 Å². The van der Waals surface area contributed by atoms with Crippen LogP contribution in [0.2, 0.25) is 0 Å². The van der Waals surface area contributed by atoms with Crippen LogP contribution >= 0.6 is 0 Å². The summed E-state index contributed by atoms with van der Waals surface area (Å²) >= 11 is 0. The van der Waals surface area contributed by atoms with Gasteiger partial charge in [0.05, 0.1) is 6.54 Å². The number of epoxide rings is 1. The number of ether oxygens (including phenoxy) is 1. The Morgan fingerprint density at radius 3 is 2.30 bits per heavy atom. The fourth-order valence-corrected chi connectivity index (χ4v) is 1.82. The third-order valence-corrected chi connectivity index (χ3v) is 2.77. The molecule has 1 aromatic carbocycles. The molecule has 2 heterocycles. The molecule has 1 saturated heterocycles. The Hall–Kier alpha value is -2.41. The normalized spacial score (nSPS) is 22.9. The minimum atomic E-state index is -1.82. The maximum Gasteiger partial charge on any atom is 0.414 e. The smallest absolute Gasteiger partial charge is 0.414 e. The Bertz CT molecular complexity index is 517. The summed E-state index contributed by atoms with van der Waals surface area (Å²) in [5.74, 6) is -2.62. The lowest BCUT2D eigenvalue weighted by Gasteiger charge is -1.96. The van der Waals surface area contributed by atoms with Gasteiger partial charge in [0.1, 0.15) is 18.0 Å². The quantitative estimate of drug-likeness (QED) is 0.529. The average molecular weight is 278 g/mol. The predicted octanol–water partition coefficient (Wildman–Crippen LogP) is 0.284. The Balaban J connectivity index is 0.000000212. The van der Waals surface area contributed by atoms with Gasteiger partial charge in [-0.15, -0.1) is 0 Å². The zero-order chi connectivity index (χ0) is 14.5. The molecule has 0 bridgehead atoms. The van der Waals surface area contributed by atoms with Gasteiger partial charge in [0.2, 0.25) is 0 Å². The van der Waals surface area contributed by atoms with Crippen molar-refractivity contribution in [2.75, 3.05) is 13.1 Å². The molecular weight excluding hydrogens is 264 g/mol. The third-order valence-electron chi connectivity index (χ3n) is 2.77. The molecule has 1 fully saturated rings. The van der Waals surface area contributed by atoms with Crippen LogP contribution in [0.3, 0.4) is 0 Å². The number of aliphatic carboxylic acids is 2. The molecule has 3 rings (SSSR count). The van der Waals surface area contributed by atoms with Crippen LogP contribution in [-0.4, -0.2) is 47.2 Å². The number of benzene rings is 1. The molecule has 0 amide bonds. The van der Waals surface area contributed by atoms with Crippen LogP contribution in [0.1, 0.15) is 11.7 Å². The summed E-state index contributed by atoms with van der Waals surface area (Å²) in [6.07, 6.45) is 0.403. The van der Waals surface area contributed by atoms with Gasteiger partial charge in [-0.2, -0.15) is 0 Å². The predicted molar refractivity (Wildman–Crippen MR) is 69.6 cm³/mol. The number of hydrogen-bond donors (Lipinski definition) is 3. The lowest BCUT2D eigenvalue weighted by atomic mass is 10.1. The summed E-state index contributed by atoms with van der Waals surface area (Å²) in [4.78, 5) is 22.6. The van der Waals surface area contributed by atoms with E-state index in [1.54, 1.807) is 0 Å². The summed E-state index contributed by atoms with van der Waals surface area (Å²) in [6.45, 7) is 1.84. The highest BCUT2D eigenvalue weighted by atomic mass is 16.6. The number of carboxylic acid groups (broad SMARTS) is 2. The molecule has 20 heavy (non-hydrogen) atoms. The molecule has 0 saturated carbocycles. The Labute approximate surface area is 114 Å². The molecule has 2 atom stereocenters. The number of carbonyl (C=O) groups is 2. The zero-order valence-electron chi connectivity index (χ0n) is 10.5. The monoisotopic (exact) mass is 278 g/mol. The average Bonchev–Trinajstić information content (AvgIpc) is 3.06. The van der Waals surface area contributed by atoms with Crippen molar-refractivity contribution >= 4 is 17.8 Å². The fraction of sp³-hybridized carbons (Fsp3) is 0.308. The van der Waals surface area contributed by atoms with E-state index in [1.807, 2.05) is 18.2 Å². The summed E-state index contributed by atoms with van der Waals surface area (Å²) in [7, 11) is 0. The van der Waals surface area contributed by atoms with Crippen molar-refractivity contribution in [2.24, 2.45) is 4.99 Å². The van der Waals surface area contributed by atoms with Crippen molar-refractivity contribution in [3.63, 3.8) is 0 Å². The topological polar surface area (TPSA) is 112 Å². The second-order valence-corrected chi connectivity index (χ2v) is 4.19. The largest absolute Gasteiger partial charge is 0.473 e.